The molecule has 3 heteroatoms. The van der Waals surface area contributed by atoms with Crippen LogP contribution in [0, 0.1) is 6.92 Å². The first-order valence-electron chi connectivity index (χ1n) is 9.95. The highest BCUT2D eigenvalue weighted by Gasteiger charge is 2.08. The third-order valence-electron chi connectivity index (χ3n) is 4.70. The normalized spacial score (nSPS) is 10.5. The Hall–Kier alpha value is -2.94. The molecule has 0 aromatic heterocycles. The van der Waals surface area contributed by atoms with Gasteiger partial charge in [0.05, 0.1) is 6.61 Å². The van der Waals surface area contributed by atoms with Gasteiger partial charge in [0.25, 0.3) is 0 Å². The van der Waals surface area contributed by atoms with Crippen LogP contribution in [0.2, 0.25) is 0 Å². The van der Waals surface area contributed by atoms with Crippen LogP contribution in [0.3, 0.4) is 0 Å². The predicted octanol–water partition coefficient (Wildman–Crippen LogP) is 6.15. The molecule has 3 aromatic rings. The van der Waals surface area contributed by atoms with Crippen LogP contribution in [-0.4, -0.2) is 6.61 Å². The average Bonchev–Trinajstić information content (AvgIpc) is 2.73. The van der Waals surface area contributed by atoms with Crippen LogP contribution in [0.5, 0.6) is 11.5 Å². The van der Waals surface area contributed by atoms with E-state index in [-0.39, 0.29) is 0 Å². The molecule has 0 aliphatic rings. The van der Waals surface area contributed by atoms with Crippen molar-refractivity contribution in [2.24, 2.45) is 0 Å². The molecule has 146 valence electrons. The van der Waals surface area contributed by atoms with Gasteiger partial charge in [0.15, 0.2) is 11.5 Å². The molecule has 0 spiro atoms. The second-order valence-electron chi connectivity index (χ2n) is 6.85. The maximum atomic E-state index is 6.02. The average molecular weight is 376 g/mol. The molecular formula is C25H29NO2. The Morgan fingerprint density at radius 2 is 1.54 bits per heavy atom. The highest BCUT2D eigenvalue weighted by atomic mass is 16.5. The van der Waals surface area contributed by atoms with Gasteiger partial charge in [-0.05, 0) is 55.2 Å². The van der Waals surface area contributed by atoms with Crippen LogP contribution >= 0.6 is 0 Å². The van der Waals surface area contributed by atoms with Crippen LogP contribution in [0.1, 0.15) is 36.1 Å². The molecular weight excluding hydrogens is 346 g/mol. The van der Waals surface area contributed by atoms with E-state index < -0.39 is 0 Å². The second kappa shape index (κ2) is 9.84. The largest absolute Gasteiger partial charge is 0.490 e. The summed E-state index contributed by atoms with van der Waals surface area (Å²) >= 11 is 0. The Bertz CT molecular complexity index is 887. The van der Waals surface area contributed by atoms with Crippen molar-refractivity contribution in [3.63, 3.8) is 0 Å². The van der Waals surface area contributed by atoms with Gasteiger partial charge < -0.3 is 14.8 Å². The molecule has 0 bridgehead atoms. The van der Waals surface area contributed by atoms with E-state index in [1.54, 1.807) is 0 Å². The summed E-state index contributed by atoms with van der Waals surface area (Å²) in [6, 6.07) is 23.0. The van der Waals surface area contributed by atoms with Crippen molar-refractivity contribution >= 4 is 5.69 Å². The molecule has 0 saturated heterocycles. The number of aryl methyl sites for hydroxylation is 2. The summed E-state index contributed by atoms with van der Waals surface area (Å²) < 4.78 is 11.9. The van der Waals surface area contributed by atoms with E-state index in [4.69, 9.17) is 9.47 Å². The molecule has 0 aliphatic heterocycles. The fraction of sp³-hybridized carbons (Fsp3) is 0.280. The first-order chi connectivity index (χ1) is 13.7. The highest BCUT2D eigenvalue weighted by molar-refractivity contribution is 5.52. The number of ether oxygens (including phenoxy) is 2. The molecule has 3 aromatic carbocycles. The molecule has 0 fully saturated rings. The smallest absolute Gasteiger partial charge is 0.161 e. The van der Waals surface area contributed by atoms with Gasteiger partial charge in [-0.15, -0.1) is 0 Å². The highest BCUT2D eigenvalue weighted by Crippen LogP contribution is 2.30. The number of hydrogen-bond acceptors (Lipinski definition) is 3. The number of hydrogen-bond donors (Lipinski definition) is 1. The summed E-state index contributed by atoms with van der Waals surface area (Å²) in [5.74, 6) is 1.57. The summed E-state index contributed by atoms with van der Waals surface area (Å²) in [4.78, 5) is 0. The van der Waals surface area contributed by atoms with Gasteiger partial charge in [-0.25, -0.2) is 0 Å². The van der Waals surface area contributed by atoms with Gasteiger partial charge in [-0.2, -0.15) is 0 Å². The fourth-order valence-electron chi connectivity index (χ4n) is 3.09. The van der Waals surface area contributed by atoms with Crippen molar-refractivity contribution < 1.29 is 9.47 Å². The number of rotatable bonds is 9. The molecule has 0 amide bonds. The van der Waals surface area contributed by atoms with Gasteiger partial charge in [-0.1, -0.05) is 61.0 Å². The fourth-order valence-corrected chi connectivity index (χ4v) is 3.09. The zero-order chi connectivity index (χ0) is 19.8. The Balaban J connectivity index is 1.68. The van der Waals surface area contributed by atoms with Crippen molar-refractivity contribution in [1.29, 1.82) is 0 Å². The standard InChI is InChI=1S/C25H29NO2/c1-4-22-8-6-7-9-23(22)26-17-21-14-15-24(25(16-21)27-5-2)28-18-20-12-10-19(3)11-13-20/h6-16,26H,4-5,17-18H2,1-3H3. The first-order valence-corrected chi connectivity index (χ1v) is 9.95. The van der Waals surface area contributed by atoms with Crippen LogP contribution in [-0.2, 0) is 19.6 Å². The van der Waals surface area contributed by atoms with E-state index >= 15 is 0 Å². The van der Waals surface area contributed by atoms with Gasteiger partial charge in [0.1, 0.15) is 6.61 Å². The summed E-state index contributed by atoms with van der Waals surface area (Å²) in [6.45, 7) is 8.14. The molecule has 0 radical (unpaired) electrons. The molecule has 3 rings (SSSR count). The number of nitrogens with one attached hydrogen (secondary N) is 1. The topological polar surface area (TPSA) is 30.5 Å². The predicted molar refractivity (Wildman–Crippen MR) is 116 cm³/mol. The summed E-state index contributed by atoms with van der Waals surface area (Å²) in [6.07, 6.45) is 1.01. The lowest BCUT2D eigenvalue weighted by Gasteiger charge is -2.15. The van der Waals surface area contributed by atoms with Crippen molar-refractivity contribution in [3.05, 3.63) is 89.0 Å². The second-order valence-corrected chi connectivity index (χ2v) is 6.85. The molecule has 0 saturated carbocycles. The van der Waals surface area contributed by atoms with Gasteiger partial charge in [0, 0.05) is 12.2 Å². The number of anilines is 1. The molecule has 28 heavy (non-hydrogen) atoms. The quantitative estimate of drug-likeness (QED) is 0.487. The summed E-state index contributed by atoms with van der Waals surface area (Å²) in [5, 5.41) is 3.54. The molecule has 0 aliphatic carbocycles. The van der Waals surface area contributed by atoms with Crippen LogP contribution < -0.4 is 14.8 Å². The summed E-state index contributed by atoms with van der Waals surface area (Å²) in [7, 11) is 0. The Morgan fingerprint density at radius 1 is 0.786 bits per heavy atom. The lowest BCUT2D eigenvalue weighted by atomic mass is 10.1. The van der Waals surface area contributed by atoms with E-state index in [0.717, 1.165) is 35.6 Å². The number of para-hydroxylation sites is 1. The SMILES string of the molecule is CCOc1cc(CNc2ccccc2CC)ccc1OCc1ccc(C)cc1. The van der Waals surface area contributed by atoms with E-state index in [2.05, 4.69) is 79.8 Å². The minimum Gasteiger partial charge on any atom is -0.490 e. The van der Waals surface area contributed by atoms with Crippen molar-refractivity contribution in [2.75, 3.05) is 11.9 Å². The van der Waals surface area contributed by atoms with Crippen molar-refractivity contribution in [2.45, 2.75) is 40.3 Å². The van der Waals surface area contributed by atoms with E-state index in [1.165, 1.54) is 16.8 Å². The Morgan fingerprint density at radius 3 is 2.29 bits per heavy atom. The maximum absolute atomic E-state index is 6.02. The molecule has 3 nitrogen and oxygen atoms in total. The van der Waals surface area contributed by atoms with Gasteiger partial charge >= 0.3 is 0 Å². The van der Waals surface area contributed by atoms with Crippen molar-refractivity contribution in [3.8, 4) is 11.5 Å². The Kier molecular flexibility index (Phi) is 6.96. The van der Waals surface area contributed by atoms with Gasteiger partial charge in [-0.3, -0.25) is 0 Å². The zero-order valence-electron chi connectivity index (χ0n) is 17.0. The minimum atomic E-state index is 0.530. The molecule has 0 heterocycles. The van der Waals surface area contributed by atoms with Crippen molar-refractivity contribution in [1.82, 2.24) is 0 Å². The summed E-state index contributed by atoms with van der Waals surface area (Å²) in [5.41, 5.74) is 6.07. The van der Waals surface area contributed by atoms with Crippen LogP contribution in [0.15, 0.2) is 66.7 Å². The Labute approximate surface area is 168 Å². The van der Waals surface area contributed by atoms with Crippen LogP contribution in [0.25, 0.3) is 0 Å². The molecule has 0 atom stereocenters. The van der Waals surface area contributed by atoms with Crippen LogP contribution in [0.4, 0.5) is 5.69 Å². The maximum Gasteiger partial charge on any atom is 0.161 e. The van der Waals surface area contributed by atoms with E-state index in [9.17, 15) is 0 Å². The third-order valence-corrected chi connectivity index (χ3v) is 4.70. The van der Waals surface area contributed by atoms with E-state index in [0.29, 0.717) is 13.2 Å². The van der Waals surface area contributed by atoms with Gasteiger partial charge in [0.2, 0.25) is 0 Å². The molecule has 1 N–H and O–H groups in total. The lowest BCUT2D eigenvalue weighted by Crippen LogP contribution is -2.04. The zero-order valence-corrected chi connectivity index (χ0v) is 17.0. The lowest BCUT2D eigenvalue weighted by molar-refractivity contribution is 0.269. The monoisotopic (exact) mass is 375 g/mol. The first kappa shape index (κ1) is 19.8. The third kappa shape index (κ3) is 5.29. The number of benzene rings is 3. The van der Waals surface area contributed by atoms with E-state index in [1.807, 2.05) is 13.0 Å². The minimum absolute atomic E-state index is 0.530. The molecule has 0 unspecified atom stereocenters.